The molecule has 0 radical (unpaired) electrons. The van der Waals surface area contributed by atoms with E-state index in [0.717, 1.165) is 19.8 Å². The van der Waals surface area contributed by atoms with Crippen LogP contribution in [0, 0.1) is 0 Å². The zero-order chi connectivity index (χ0) is 19.2. The average molecular weight is 424 g/mol. The molecule has 4 N–H and O–H groups in total. The lowest BCUT2D eigenvalue weighted by molar-refractivity contribution is 0.184. The summed E-state index contributed by atoms with van der Waals surface area (Å²) in [6.45, 7) is 3.20. The Balaban J connectivity index is 1.59. The van der Waals surface area contributed by atoms with E-state index in [1.54, 1.807) is 23.5 Å². The Bertz CT molecular complexity index is 876. The van der Waals surface area contributed by atoms with Crippen molar-refractivity contribution in [2.24, 2.45) is 4.99 Å². The minimum Gasteiger partial charge on any atom is -0.386 e. The van der Waals surface area contributed by atoms with Crippen molar-refractivity contribution < 1.29 is 10.2 Å². The first-order valence-electron chi connectivity index (χ1n) is 8.69. The van der Waals surface area contributed by atoms with Gasteiger partial charge in [0.05, 0.1) is 10.9 Å². The van der Waals surface area contributed by atoms with Crippen LogP contribution in [-0.4, -0.2) is 35.8 Å². The highest BCUT2D eigenvalue weighted by molar-refractivity contribution is 7.19. The summed E-state index contributed by atoms with van der Waals surface area (Å²) >= 11 is 8.84. The monoisotopic (exact) mass is 423 g/mol. The summed E-state index contributed by atoms with van der Waals surface area (Å²) in [5.41, 5.74) is 0. The van der Waals surface area contributed by atoms with Crippen molar-refractivity contribution in [3.8, 4) is 0 Å². The van der Waals surface area contributed by atoms with Crippen LogP contribution in [0.2, 0.25) is 4.34 Å². The Morgan fingerprint density at radius 1 is 1.07 bits per heavy atom. The quantitative estimate of drug-likeness (QED) is 0.343. The molecule has 0 aliphatic carbocycles. The van der Waals surface area contributed by atoms with Crippen LogP contribution in [0.5, 0.6) is 0 Å². The fourth-order valence-electron chi connectivity index (χ4n) is 2.58. The number of hydrogen-bond acceptors (Lipinski definition) is 5. The molecule has 0 saturated heterocycles. The molecule has 0 bridgehead atoms. The van der Waals surface area contributed by atoms with Crippen molar-refractivity contribution in [2.75, 3.05) is 19.6 Å². The van der Waals surface area contributed by atoms with Gasteiger partial charge in [0.25, 0.3) is 0 Å². The van der Waals surface area contributed by atoms with E-state index in [1.165, 1.54) is 11.3 Å². The molecule has 2 unspecified atom stereocenters. The predicted molar refractivity (Wildman–Crippen MR) is 115 cm³/mol. The third kappa shape index (κ3) is 5.43. The lowest BCUT2D eigenvalue weighted by Gasteiger charge is -2.15. The molecule has 3 rings (SSSR count). The van der Waals surface area contributed by atoms with E-state index in [4.69, 9.17) is 11.6 Å². The Kier molecular flexibility index (Phi) is 7.09. The van der Waals surface area contributed by atoms with Gasteiger partial charge in [-0.1, -0.05) is 29.8 Å². The number of rotatable bonds is 7. The maximum absolute atomic E-state index is 10.5. The minimum atomic E-state index is -0.703. The van der Waals surface area contributed by atoms with Gasteiger partial charge in [-0.2, -0.15) is 0 Å². The summed E-state index contributed by atoms with van der Waals surface area (Å²) in [6.07, 6.45) is -1.34. The van der Waals surface area contributed by atoms with Gasteiger partial charge in [-0.3, -0.25) is 4.99 Å². The second-order valence-electron chi connectivity index (χ2n) is 5.96. The highest BCUT2D eigenvalue weighted by atomic mass is 35.5. The van der Waals surface area contributed by atoms with Crippen LogP contribution < -0.4 is 10.6 Å². The molecule has 3 aromatic rings. The number of aliphatic hydroxyl groups is 2. The lowest BCUT2D eigenvalue weighted by Crippen LogP contribution is -2.39. The third-order valence-electron chi connectivity index (χ3n) is 3.92. The van der Waals surface area contributed by atoms with Crippen molar-refractivity contribution >= 4 is 50.3 Å². The maximum Gasteiger partial charge on any atom is 0.191 e. The molecule has 27 heavy (non-hydrogen) atoms. The second kappa shape index (κ2) is 9.52. The first kappa shape index (κ1) is 20.1. The van der Waals surface area contributed by atoms with Gasteiger partial charge in [-0.05, 0) is 36.6 Å². The molecule has 0 fully saturated rings. The van der Waals surface area contributed by atoms with Crippen molar-refractivity contribution in [2.45, 2.75) is 19.1 Å². The maximum atomic E-state index is 10.5. The Morgan fingerprint density at radius 3 is 2.59 bits per heavy atom. The average Bonchev–Trinajstić information content (AvgIpc) is 3.29. The van der Waals surface area contributed by atoms with Crippen LogP contribution in [0.1, 0.15) is 28.9 Å². The summed E-state index contributed by atoms with van der Waals surface area (Å²) in [5, 5.41) is 28.1. The van der Waals surface area contributed by atoms with E-state index < -0.39 is 12.2 Å². The van der Waals surface area contributed by atoms with E-state index in [9.17, 15) is 10.2 Å². The number of guanidine groups is 1. The molecular formula is C19H22ClN3O2S2. The van der Waals surface area contributed by atoms with Crippen molar-refractivity contribution in [3.63, 3.8) is 0 Å². The molecule has 8 heteroatoms. The lowest BCUT2D eigenvalue weighted by atomic mass is 10.2. The summed E-state index contributed by atoms with van der Waals surface area (Å²) in [4.78, 5) is 6.10. The second-order valence-corrected chi connectivity index (χ2v) is 8.82. The standard InChI is InChI=1S/C19H22ClN3O2S2/c1-2-21-19(22-10-13(24)16-7-8-18(20)27-16)23-11-14(25)17-9-12-5-3-4-6-15(12)26-17/h3-9,13-14,24-25H,2,10-11H2,1H3,(H2,21,22,23). The van der Waals surface area contributed by atoms with E-state index in [-0.39, 0.29) is 6.54 Å². The number of benzene rings is 1. The zero-order valence-corrected chi connectivity index (χ0v) is 17.2. The van der Waals surface area contributed by atoms with Crippen LogP contribution in [0.3, 0.4) is 0 Å². The summed E-state index contributed by atoms with van der Waals surface area (Å²) in [5.74, 6) is 0.555. The summed E-state index contributed by atoms with van der Waals surface area (Å²) < 4.78 is 1.80. The Morgan fingerprint density at radius 2 is 1.89 bits per heavy atom. The first-order chi connectivity index (χ1) is 13.1. The van der Waals surface area contributed by atoms with E-state index in [1.807, 2.05) is 37.3 Å². The van der Waals surface area contributed by atoms with Crippen LogP contribution >= 0.6 is 34.3 Å². The number of fused-ring (bicyclic) bond motifs is 1. The molecule has 0 amide bonds. The van der Waals surface area contributed by atoms with Gasteiger partial charge in [0.15, 0.2) is 5.96 Å². The molecule has 2 heterocycles. The van der Waals surface area contributed by atoms with E-state index >= 15 is 0 Å². The number of aliphatic imine (C=N–C) groups is 1. The SMILES string of the molecule is CCNC(=NCC(O)c1ccc(Cl)s1)NCC(O)c1cc2ccccc2s1. The minimum absolute atomic E-state index is 0.213. The fraction of sp³-hybridized carbons (Fsp3) is 0.316. The number of thiophene rings is 2. The molecule has 0 saturated carbocycles. The molecule has 0 aliphatic rings. The van der Waals surface area contributed by atoms with Gasteiger partial charge in [0.1, 0.15) is 12.2 Å². The number of hydrogen-bond donors (Lipinski definition) is 4. The van der Waals surface area contributed by atoms with Crippen LogP contribution in [0.15, 0.2) is 47.5 Å². The van der Waals surface area contributed by atoms with Crippen LogP contribution in [-0.2, 0) is 0 Å². The third-order valence-corrected chi connectivity index (χ3v) is 6.47. The number of halogens is 1. The number of nitrogens with one attached hydrogen (secondary N) is 2. The zero-order valence-electron chi connectivity index (χ0n) is 14.9. The molecule has 2 atom stereocenters. The van der Waals surface area contributed by atoms with Gasteiger partial charge in [0.2, 0.25) is 0 Å². The van der Waals surface area contributed by atoms with Crippen LogP contribution in [0.4, 0.5) is 0 Å². The highest BCUT2D eigenvalue weighted by Gasteiger charge is 2.13. The van der Waals surface area contributed by atoms with Crippen LogP contribution in [0.25, 0.3) is 10.1 Å². The molecule has 144 valence electrons. The molecule has 0 aliphatic heterocycles. The number of aliphatic hydroxyl groups excluding tert-OH is 2. The van der Waals surface area contributed by atoms with Gasteiger partial charge in [0, 0.05) is 27.5 Å². The van der Waals surface area contributed by atoms with Gasteiger partial charge in [-0.15, -0.1) is 22.7 Å². The number of nitrogens with zero attached hydrogens (tertiary/aromatic N) is 1. The summed E-state index contributed by atoms with van der Waals surface area (Å²) in [7, 11) is 0. The molecule has 0 spiro atoms. The van der Waals surface area contributed by atoms with Crippen molar-refractivity contribution in [3.05, 3.63) is 56.6 Å². The van der Waals surface area contributed by atoms with Gasteiger partial charge < -0.3 is 20.8 Å². The van der Waals surface area contributed by atoms with Gasteiger partial charge >= 0.3 is 0 Å². The Labute approximate surface area is 171 Å². The fourth-order valence-corrected chi connectivity index (χ4v) is 4.67. The Hall–Kier alpha value is -1.64. The topological polar surface area (TPSA) is 76.9 Å². The van der Waals surface area contributed by atoms with E-state index in [0.29, 0.717) is 23.4 Å². The highest BCUT2D eigenvalue weighted by Crippen LogP contribution is 2.29. The molecule has 5 nitrogen and oxygen atoms in total. The summed E-state index contributed by atoms with van der Waals surface area (Å²) in [6, 6.07) is 13.7. The molecule has 2 aromatic heterocycles. The first-order valence-corrected chi connectivity index (χ1v) is 10.7. The van der Waals surface area contributed by atoms with Crippen molar-refractivity contribution in [1.82, 2.24) is 10.6 Å². The van der Waals surface area contributed by atoms with Crippen molar-refractivity contribution in [1.29, 1.82) is 0 Å². The normalized spacial score (nSPS) is 14.3. The molecule has 1 aromatic carbocycles. The predicted octanol–water partition coefficient (Wildman–Crippen LogP) is 3.94. The smallest absolute Gasteiger partial charge is 0.191 e. The molecular weight excluding hydrogens is 402 g/mol. The largest absolute Gasteiger partial charge is 0.386 e. The van der Waals surface area contributed by atoms with E-state index in [2.05, 4.69) is 15.6 Å². The van der Waals surface area contributed by atoms with Gasteiger partial charge in [-0.25, -0.2) is 0 Å².